The summed E-state index contributed by atoms with van der Waals surface area (Å²) in [6.07, 6.45) is 9.43. The number of hydrogen-bond donors (Lipinski definition) is 1. The summed E-state index contributed by atoms with van der Waals surface area (Å²) >= 11 is 0. The molecule has 4 bridgehead atoms. The van der Waals surface area contributed by atoms with Gasteiger partial charge in [-0.25, -0.2) is 12.7 Å². The maximum atomic E-state index is 13.6. The first-order valence-corrected chi connectivity index (χ1v) is 12.8. The minimum absolute atomic E-state index is 0.0927. The first kappa shape index (κ1) is 20.3. The Labute approximate surface area is 180 Å². The number of sulfonamides is 1. The molecule has 0 atom stereocenters. The van der Waals surface area contributed by atoms with E-state index in [1.807, 2.05) is 6.07 Å². The van der Waals surface area contributed by atoms with Crippen molar-refractivity contribution in [1.82, 2.24) is 9.62 Å². The van der Waals surface area contributed by atoms with Crippen LogP contribution in [-0.2, 0) is 10.0 Å². The molecule has 4 aliphatic carbocycles. The van der Waals surface area contributed by atoms with Crippen molar-refractivity contribution in [3.63, 3.8) is 0 Å². The van der Waals surface area contributed by atoms with Gasteiger partial charge in [0.15, 0.2) is 0 Å². The van der Waals surface area contributed by atoms with Crippen LogP contribution in [0, 0.1) is 17.8 Å². The Hall–Kier alpha value is -1.60. The van der Waals surface area contributed by atoms with E-state index in [9.17, 15) is 13.2 Å². The second-order valence-electron chi connectivity index (χ2n) is 10.3. The molecule has 6 rings (SSSR count). The summed E-state index contributed by atoms with van der Waals surface area (Å²) in [6, 6.07) is 5.07. The number of anilines is 1. The van der Waals surface area contributed by atoms with Crippen molar-refractivity contribution in [1.29, 1.82) is 0 Å². The van der Waals surface area contributed by atoms with E-state index in [0.717, 1.165) is 68.6 Å². The molecule has 6 nitrogen and oxygen atoms in total. The summed E-state index contributed by atoms with van der Waals surface area (Å²) in [4.78, 5) is 16.0. The van der Waals surface area contributed by atoms with E-state index in [2.05, 4.69) is 10.2 Å². The van der Waals surface area contributed by atoms with Crippen LogP contribution in [0.25, 0.3) is 0 Å². The lowest BCUT2D eigenvalue weighted by atomic mass is 9.53. The SMILES string of the molecule is CN(C)S(=O)(=O)c1ccc(N2CCCC2)c(C(=O)NC23CC4CC(CC(C4)C2)C3)c1. The predicted molar refractivity (Wildman–Crippen MR) is 117 cm³/mol. The van der Waals surface area contributed by atoms with Crippen LogP contribution in [0.4, 0.5) is 5.69 Å². The van der Waals surface area contributed by atoms with Crippen molar-refractivity contribution in [2.45, 2.75) is 61.8 Å². The highest BCUT2D eigenvalue weighted by Crippen LogP contribution is 2.55. The lowest BCUT2D eigenvalue weighted by Crippen LogP contribution is -2.59. The largest absolute Gasteiger partial charge is 0.371 e. The van der Waals surface area contributed by atoms with Crippen LogP contribution >= 0.6 is 0 Å². The first-order chi connectivity index (χ1) is 14.3. The monoisotopic (exact) mass is 431 g/mol. The molecule has 7 heteroatoms. The fourth-order valence-corrected chi connectivity index (χ4v) is 7.80. The van der Waals surface area contributed by atoms with Gasteiger partial charge in [0, 0.05) is 38.4 Å². The molecule has 1 amide bonds. The molecule has 5 fully saturated rings. The molecular weight excluding hydrogens is 398 g/mol. The van der Waals surface area contributed by atoms with Gasteiger partial charge in [-0.1, -0.05) is 0 Å². The molecule has 1 saturated heterocycles. The van der Waals surface area contributed by atoms with Crippen LogP contribution < -0.4 is 10.2 Å². The molecule has 1 heterocycles. The van der Waals surface area contributed by atoms with Crippen molar-refractivity contribution in [2.75, 3.05) is 32.1 Å². The fraction of sp³-hybridized carbons (Fsp3) is 0.696. The van der Waals surface area contributed by atoms with E-state index in [1.54, 1.807) is 12.1 Å². The summed E-state index contributed by atoms with van der Waals surface area (Å²) < 4.78 is 26.7. The summed E-state index contributed by atoms with van der Waals surface area (Å²) in [5.41, 5.74) is 1.29. The zero-order chi connectivity index (χ0) is 21.1. The average molecular weight is 432 g/mol. The minimum atomic E-state index is -3.59. The lowest BCUT2D eigenvalue weighted by molar-refractivity contribution is -0.0166. The molecule has 5 aliphatic rings. The number of carbonyl (C=O) groups is 1. The second kappa shape index (κ2) is 7.23. The van der Waals surface area contributed by atoms with Crippen LogP contribution in [0.3, 0.4) is 0 Å². The van der Waals surface area contributed by atoms with Crippen molar-refractivity contribution in [3.8, 4) is 0 Å². The Kier molecular flexibility index (Phi) is 4.89. The smallest absolute Gasteiger partial charge is 0.253 e. The molecule has 1 N–H and O–H groups in total. The topological polar surface area (TPSA) is 69.7 Å². The number of nitrogens with zero attached hydrogens (tertiary/aromatic N) is 2. The number of nitrogens with one attached hydrogen (secondary N) is 1. The van der Waals surface area contributed by atoms with Gasteiger partial charge in [-0.3, -0.25) is 4.79 Å². The highest BCUT2D eigenvalue weighted by molar-refractivity contribution is 7.89. The standard InChI is InChI=1S/C23H33N3O3S/c1-25(2)30(28,29)19-5-6-21(26-7-3-4-8-26)20(12-19)22(27)24-23-13-16-9-17(14-23)11-18(10-16)15-23/h5-6,12,16-18H,3-4,7-11,13-15H2,1-2H3,(H,24,27). The number of amides is 1. The Bertz CT molecular complexity index is 915. The minimum Gasteiger partial charge on any atom is -0.371 e. The number of carbonyl (C=O) groups excluding carboxylic acids is 1. The van der Waals surface area contributed by atoms with Gasteiger partial charge >= 0.3 is 0 Å². The summed E-state index contributed by atoms with van der Waals surface area (Å²) in [5, 5.41) is 3.44. The molecule has 0 radical (unpaired) electrons. The van der Waals surface area contributed by atoms with Crippen LogP contribution in [0.15, 0.2) is 23.1 Å². The Balaban J connectivity index is 1.49. The first-order valence-electron chi connectivity index (χ1n) is 11.4. The van der Waals surface area contributed by atoms with Gasteiger partial charge in [0.2, 0.25) is 10.0 Å². The third kappa shape index (κ3) is 3.44. The normalized spacial score (nSPS) is 32.8. The zero-order valence-corrected chi connectivity index (χ0v) is 18.9. The molecule has 1 aliphatic heterocycles. The van der Waals surface area contributed by atoms with E-state index in [1.165, 1.54) is 37.7 Å². The summed E-state index contributed by atoms with van der Waals surface area (Å²) in [7, 11) is -0.538. The van der Waals surface area contributed by atoms with Crippen molar-refractivity contribution >= 4 is 21.6 Å². The van der Waals surface area contributed by atoms with E-state index < -0.39 is 10.0 Å². The quantitative estimate of drug-likeness (QED) is 0.777. The zero-order valence-electron chi connectivity index (χ0n) is 18.1. The van der Waals surface area contributed by atoms with Crippen molar-refractivity contribution in [2.24, 2.45) is 17.8 Å². The van der Waals surface area contributed by atoms with Crippen molar-refractivity contribution in [3.05, 3.63) is 23.8 Å². The molecular formula is C23H33N3O3S. The maximum absolute atomic E-state index is 13.6. The predicted octanol–water partition coefficient (Wildman–Crippen LogP) is 3.24. The van der Waals surface area contributed by atoms with E-state index >= 15 is 0 Å². The van der Waals surface area contributed by atoms with Gasteiger partial charge in [-0.2, -0.15) is 0 Å². The van der Waals surface area contributed by atoms with Crippen LogP contribution in [-0.4, -0.2) is 51.4 Å². The number of rotatable bonds is 5. The van der Waals surface area contributed by atoms with Gasteiger partial charge in [0.25, 0.3) is 5.91 Å². The molecule has 4 saturated carbocycles. The van der Waals surface area contributed by atoms with Gasteiger partial charge in [0.05, 0.1) is 10.5 Å². The highest BCUT2D eigenvalue weighted by Gasteiger charge is 2.51. The van der Waals surface area contributed by atoms with Gasteiger partial charge < -0.3 is 10.2 Å². The number of hydrogen-bond acceptors (Lipinski definition) is 4. The third-order valence-electron chi connectivity index (χ3n) is 7.85. The van der Waals surface area contributed by atoms with Crippen molar-refractivity contribution < 1.29 is 13.2 Å². The molecule has 1 aromatic carbocycles. The Morgan fingerprint density at radius 3 is 2.13 bits per heavy atom. The van der Waals surface area contributed by atoms with E-state index in [0.29, 0.717) is 5.56 Å². The highest BCUT2D eigenvalue weighted by atomic mass is 32.2. The molecule has 164 valence electrons. The molecule has 1 aromatic rings. The average Bonchev–Trinajstić information content (AvgIpc) is 3.20. The summed E-state index contributed by atoms with van der Waals surface area (Å²) in [5.74, 6) is 2.13. The number of benzene rings is 1. The van der Waals surface area contributed by atoms with Gasteiger partial charge in [-0.15, -0.1) is 0 Å². The third-order valence-corrected chi connectivity index (χ3v) is 9.67. The molecule has 0 unspecified atom stereocenters. The maximum Gasteiger partial charge on any atom is 0.253 e. The van der Waals surface area contributed by atoms with Gasteiger partial charge in [-0.05, 0) is 87.3 Å². The lowest BCUT2D eigenvalue weighted by Gasteiger charge is -2.56. The fourth-order valence-electron chi connectivity index (χ4n) is 6.87. The second-order valence-corrected chi connectivity index (χ2v) is 12.5. The van der Waals surface area contributed by atoms with Crippen LogP contribution in [0.2, 0.25) is 0 Å². The van der Waals surface area contributed by atoms with Gasteiger partial charge in [0.1, 0.15) is 0 Å². The van der Waals surface area contributed by atoms with Crippen LogP contribution in [0.5, 0.6) is 0 Å². The molecule has 0 aromatic heterocycles. The van der Waals surface area contributed by atoms with Crippen LogP contribution in [0.1, 0.15) is 61.7 Å². The summed E-state index contributed by atoms with van der Waals surface area (Å²) in [6.45, 7) is 1.83. The molecule has 30 heavy (non-hydrogen) atoms. The Morgan fingerprint density at radius 2 is 1.60 bits per heavy atom. The molecule has 0 spiro atoms. The van der Waals surface area contributed by atoms with E-state index in [4.69, 9.17) is 0 Å². The Morgan fingerprint density at radius 1 is 1.03 bits per heavy atom. The van der Waals surface area contributed by atoms with E-state index in [-0.39, 0.29) is 16.3 Å².